The molecule has 60 valence electrons. The van der Waals surface area contributed by atoms with Gasteiger partial charge >= 0.3 is 11.8 Å². The average molecular weight is 148 g/mol. The normalized spacial score (nSPS) is 7.40. The van der Waals surface area contributed by atoms with E-state index in [4.69, 9.17) is 11.5 Å². The van der Waals surface area contributed by atoms with E-state index >= 15 is 0 Å². The fourth-order valence-electron chi connectivity index (χ4n) is 0. The van der Waals surface area contributed by atoms with E-state index in [1.54, 1.807) is 0 Å². The van der Waals surface area contributed by atoms with Crippen molar-refractivity contribution >= 4 is 11.8 Å². The Bertz CT molecular complexity index is 99.8. The van der Waals surface area contributed by atoms with Crippen molar-refractivity contribution in [3.05, 3.63) is 0 Å². The van der Waals surface area contributed by atoms with E-state index in [1.807, 2.05) is 0 Å². The van der Waals surface area contributed by atoms with Crippen molar-refractivity contribution < 1.29 is 9.59 Å². The summed E-state index contributed by atoms with van der Waals surface area (Å²) in [6, 6.07) is 0. The quantitative estimate of drug-likeness (QED) is 0.292. The van der Waals surface area contributed by atoms with Crippen LogP contribution in [0.25, 0.3) is 0 Å². The van der Waals surface area contributed by atoms with Gasteiger partial charge in [-0.25, -0.2) is 0 Å². The van der Waals surface area contributed by atoms with Crippen molar-refractivity contribution in [2.24, 2.45) is 22.9 Å². The average Bonchev–Trinajstić information content (AvgIpc) is 1.89. The number of rotatable bonds is 1. The highest BCUT2D eigenvalue weighted by Gasteiger charge is 1.96. The highest BCUT2D eigenvalue weighted by Crippen LogP contribution is 1.44. The number of primary amides is 2. The molecule has 6 nitrogen and oxygen atoms in total. The molecule has 0 aromatic heterocycles. The maximum absolute atomic E-state index is 9.45. The van der Waals surface area contributed by atoms with E-state index in [-0.39, 0.29) is 0 Å². The zero-order chi connectivity index (χ0) is 8.57. The minimum absolute atomic E-state index is 0.597. The summed E-state index contributed by atoms with van der Waals surface area (Å²) in [5.41, 5.74) is 18.4. The summed E-state index contributed by atoms with van der Waals surface area (Å²) in [7, 11) is 0. The second kappa shape index (κ2) is 7.86. The molecule has 0 aromatic rings. The molecule has 0 saturated heterocycles. The molecule has 2 amide bonds. The first-order valence-corrected chi connectivity index (χ1v) is 2.55. The molecule has 0 aliphatic rings. The lowest BCUT2D eigenvalue weighted by molar-refractivity contribution is -0.135. The standard InChI is InChI=1S/C2H4N2O2.C2H8N2/c3-1(5)2(4)6;3-1-2-4/h(H2,3,5)(H2,4,6);1-4H2. The van der Waals surface area contributed by atoms with Gasteiger partial charge in [0, 0.05) is 13.1 Å². The summed E-state index contributed by atoms with van der Waals surface area (Å²) in [5, 5.41) is 0. The van der Waals surface area contributed by atoms with Gasteiger partial charge in [0.05, 0.1) is 0 Å². The predicted octanol–water partition coefficient (Wildman–Crippen LogP) is -3.14. The third-order valence-electron chi connectivity index (χ3n) is 0.410. The molecule has 0 heterocycles. The fourth-order valence-corrected chi connectivity index (χ4v) is 0. The van der Waals surface area contributed by atoms with Gasteiger partial charge in [-0.1, -0.05) is 0 Å². The van der Waals surface area contributed by atoms with Crippen molar-refractivity contribution in [1.29, 1.82) is 0 Å². The molecule has 0 fully saturated rings. The van der Waals surface area contributed by atoms with Crippen molar-refractivity contribution in [2.45, 2.75) is 0 Å². The van der Waals surface area contributed by atoms with Crippen molar-refractivity contribution in [3.8, 4) is 0 Å². The zero-order valence-electron chi connectivity index (χ0n) is 5.54. The SMILES string of the molecule is NC(=O)C(N)=O.NCCN. The Morgan fingerprint density at radius 2 is 1.10 bits per heavy atom. The van der Waals surface area contributed by atoms with Crippen LogP contribution in [-0.4, -0.2) is 24.9 Å². The summed E-state index contributed by atoms with van der Waals surface area (Å²) in [6.45, 7) is 1.19. The summed E-state index contributed by atoms with van der Waals surface area (Å²) in [4.78, 5) is 18.9. The molecule has 0 radical (unpaired) electrons. The van der Waals surface area contributed by atoms with E-state index < -0.39 is 11.8 Å². The molecule has 0 atom stereocenters. The second-order valence-electron chi connectivity index (χ2n) is 1.31. The van der Waals surface area contributed by atoms with Gasteiger partial charge in [0.1, 0.15) is 0 Å². The maximum Gasteiger partial charge on any atom is 0.306 e. The molecule has 0 bridgehead atoms. The van der Waals surface area contributed by atoms with Gasteiger partial charge < -0.3 is 22.9 Å². The largest absolute Gasteiger partial charge is 0.361 e. The molecule has 0 aliphatic carbocycles. The molecular weight excluding hydrogens is 136 g/mol. The number of nitrogens with two attached hydrogens (primary N) is 4. The van der Waals surface area contributed by atoms with E-state index in [0.717, 1.165) is 0 Å². The van der Waals surface area contributed by atoms with Gasteiger partial charge in [-0.3, -0.25) is 9.59 Å². The van der Waals surface area contributed by atoms with Crippen LogP contribution in [0, 0.1) is 0 Å². The molecule has 0 aliphatic heterocycles. The minimum Gasteiger partial charge on any atom is -0.361 e. The van der Waals surface area contributed by atoms with Gasteiger partial charge in [-0.05, 0) is 0 Å². The third kappa shape index (κ3) is 15.8. The summed E-state index contributed by atoms with van der Waals surface area (Å²) in [6.07, 6.45) is 0. The van der Waals surface area contributed by atoms with Crippen LogP contribution < -0.4 is 22.9 Å². The summed E-state index contributed by atoms with van der Waals surface area (Å²) >= 11 is 0. The molecule has 0 aromatic carbocycles. The smallest absolute Gasteiger partial charge is 0.306 e. The molecule has 8 N–H and O–H groups in total. The Morgan fingerprint density at radius 3 is 1.10 bits per heavy atom. The van der Waals surface area contributed by atoms with Gasteiger partial charge in [0.25, 0.3) is 0 Å². The fraction of sp³-hybridized carbons (Fsp3) is 0.500. The Morgan fingerprint density at radius 1 is 0.900 bits per heavy atom. The predicted molar refractivity (Wildman–Crippen MR) is 36.5 cm³/mol. The number of carbonyl (C=O) groups excluding carboxylic acids is 2. The topological polar surface area (TPSA) is 138 Å². The van der Waals surface area contributed by atoms with Crippen LogP contribution in [0.15, 0.2) is 0 Å². The Kier molecular flexibility index (Phi) is 9.14. The van der Waals surface area contributed by atoms with Crippen molar-refractivity contribution in [3.63, 3.8) is 0 Å². The molecule has 6 heteroatoms. The lowest BCUT2D eigenvalue weighted by atomic mass is 10.6. The van der Waals surface area contributed by atoms with Crippen LogP contribution in [-0.2, 0) is 9.59 Å². The first kappa shape index (κ1) is 11.6. The Hall–Kier alpha value is -1.14. The molecular formula is C4H12N4O2. The first-order chi connectivity index (χ1) is 4.56. The van der Waals surface area contributed by atoms with Crippen LogP contribution >= 0.6 is 0 Å². The van der Waals surface area contributed by atoms with Crippen LogP contribution in [0.2, 0.25) is 0 Å². The summed E-state index contributed by atoms with van der Waals surface area (Å²) < 4.78 is 0. The number of hydrogen-bond donors (Lipinski definition) is 4. The summed E-state index contributed by atoms with van der Waals surface area (Å²) in [5.74, 6) is -2.20. The molecule has 0 rings (SSSR count). The monoisotopic (exact) mass is 148 g/mol. The molecule has 0 saturated carbocycles. The first-order valence-electron chi connectivity index (χ1n) is 2.55. The number of amides is 2. The Labute approximate surface area is 58.5 Å². The number of carbonyl (C=O) groups is 2. The van der Waals surface area contributed by atoms with Gasteiger partial charge in [0.15, 0.2) is 0 Å². The Balaban J connectivity index is 0. The molecule has 0 spiro atoms. The highest BCUT2D eigenvalue weighted by atomic mass is 16.2. The molecule has 0 unspecified atom stereocenters. The van der Waals surface area contributed by atoms with Crippen LogP contribution in [0.4, 0.5) is 0 Å². The second-order valence-corrected chi connectivity index (χ2v) is 1.31. The van der Waals surface area contributed by atoms with E-state index in [2.05, 4.69) is 11.5 Å². The highest BCUT2D eigenvalue weighted by molar-refractivity contribution is 6.33. The van der Waals surface area contributed by atoms with Crippen LogP contribution in [0.3, 0.4) is 0 Å². The van der Waals surface area contributed by atoms with E-state index in [1.165, 1.54) is 0 Å². The lowest BCUT2D eigenvalue weighted by Gasteiger charge is -1.75. The maximum atomic E-state index is 9.45. The van der Waals surface area contributed by atoms with Crippen LogP contribution in [0.5, 0.6) is 0 Å². The molecule has 10 heavy (non-hydrogen) atoms. The lowest BCUT2D eigenvalue weighted by Crippen LogP contribution is -2.29. The minimum atomic E-state index is -1.10. The van der Waals surface area contributed by atoms with E-state index in [0.29, 0.717) is 13.1 Å². The van der Waals surface area contributed by atoms with Gasteiger partial charge in [0.2, 0.25) is 0 Å². The van der Waals surface area contributed by atoms with Crippen molar-refractivity contribution in [1.82, 2.24) is 0 Å². The van der Waals surface area contributed by atoms with Crippen LogP contribution in [0.1, 0.15) is 0 Å². The van der Waals surface area contributed by atoms with Gasteiger partial charge in [-0.15, -0.1) is 0 Å². The zero-order valence-corrected chi connectivity index (χ0v) is 5.54. The van der Waals surface area contributed by atoms with Crippen molar-refractivity contribution in [2.75, 3.05) is 13.1 Å². The number of hydrogen-bond acceptors (Lipinski definition) is 4. The third-order valence-corrected chi connectivity index (χ3v) is 0.410. The van der Waals surface area contributed by atoms with E-state index in [9.17, 15) is 9.59 Å². The van der Waals surface area contributed by atoms with Gasteiger partial charge in [-0.2, -0.15) is 0 Å².